The highest BCUT2D eigenvalue weighted by atomic mass is 16.5. The molecule has 0 unspecified atom stereocenters. The molecule has 13 heavy (non-hydrogen) atoms. The van der Waals surface area contributed by atoms with Crippen molar-refractivity contribution < 1.29 is 14.3 Å². The van der Waals surface area contributed by atoms with E-state index in [4.69, 9.17) is 4.74 Å². The maximum absolute atomic E-state index is 11.0. The minimum Gasteiger partial charge on any atom is -0.502 e. The van der Waals surface area contributed by atoms with Crippen LogP contribution in [0.15, 0.2) is 25.0 Å². The normalized spacial score (nSPS) is 15.2. The van der Waals surface area contributed by atoms with E-state index in [1.54, 1.807) is 0 Å². The summed E-state index contributed by atoms with van der Waals surface area (Å²) in [5.41, 5.74) is 0. The molecular formula is C9H11NO3. The van der Waals surface area contributed by atoms with Crippen LogP contribution in [0.5, 0.6) is 0 Å². The SMILES string of the molecule is C=COCCCN1C(=O)C=CC1=O. The maximum atomic E-state index is 11.0. The third-order valence-electron chi connectivity index (χ3n) is 1.66. The molecule has 70 valence electrons. The molecule has 0 aromatic heterocycles. The van der Waals surface area contributed by atoms with E-state index < -0.39 is 0 Å². The summed E-state index contributed by atoms with van der Waals surface area (Å²) in [6.45, 7) is 4.25. The molecule has 0 aromatic carbocycles. The first kappa shape index (κ1) is 9.51. The standard InChI is InChI=1S/C9H11NO3/c1-2-13-7-3-6-10-8(11)4-5-9(10)12/h2,4-5H,1,3,6-7H2. The number of nitrogens with zero attached hydrogens (tertiary/aromatic N) is 1. The van der Waals surface area contributed by atoms with E-state index in [0.717, 1.165) is 0 Å². The van der Waals surface area contributed by atoms with Gasteiger partial charge in [0.25, 0.3) is 11.8 Å². The highest BCUT2D eigenvalue weighted by molar-refractivity contribution is 6.12. The molecule has 4 nitrogen and oxygen atoms in total. The van der Waals surface area contributed by atoms with E-state index in [9.17, 15) is 9.59 Å². The van der Waals surface area contributed by atoms with E-state index >= 15 is 0 Å². The Morgan fingerprint density at radius 1 is 1.38 bits per heavy atom. The molecule has 0 radical (unpaired) electrons. The van der Waals surface area contributed by atoms with Crippen LogP contribution in [0, 0.1) is 0 Å². The van der Waals surface area contributed by atoms with Crippen molar-refractivity contribution in [2.75, 3.05) is 13.2 Å². The molecule has 0 N–H and O–H groups in total. The van der Waals surface area contributed by atoms with Crippen LogP contribution in [0.3, 0.4) is 0 Å². The van der Waals surface area contributed by atoms with Gasteiger partial charge in [-0.3, -0.25) is 14.5 Å². The molecule has 1 aliphatic rings. The number of hydrogen-bond acceptors (Lipinski definition) is 3. The second-order valence-electron chi connectivity index (χ2n) is 2.55. The molecular weight excluding hydrogens is 170 g/mol. The quantitative estimate of drug-likeness (QED) is 0.351. The summed E-state index contributed by atoms with van der Waals surface area (Å²) in [4.78, 5) is 23.2. The Labute approximate surface area is 76.5 Å². The topological polar surface area (TPSA) is 46.6 Å². The average molecular weight is 181 g/mol. The lowest BCUT2D eigenvalue weighted by Gasteiger charge is -2.12. The summed E-state index contributed by atoms with van der Waals surface area (Å²) in [5, 5.41) is 0. The minimum atomic E-state index is -0.247. The fourth-order valence-corrected chi connectivity index (χ4v) is 1.04. The van der Waals surface area contributed by atoms with Gasteiger partial charge in [0.1, 0.15) is 0 Å². The monoisotopic (exact) mass is 181 g/mol. The van der Waals surface area contributed by atoms with Crippen molar-refractivity contribution in [3.05, 3.63) is 25.0 Å². The van der Waals surface area contributed by atoms with Gasteiger partial charge in [0.15, 0.2) is 0 Å². The molecule has 0 saturated heterocycles. The molecule has 1 aliphatic heterocycles. The first-order valence-corrected chi connectivity index (χ1v) is 4.01. The van der Waals surface area contributed by atoms with Gasteiger partial charge in [0, 0.05) is 18.7 Å². The van der Waals surface area contributed by atoms with Crippen molar-refractivity contribution in [3.63, 3.8) is 0 Å². The Kier molecular flexibility index (Phi) is 3.25. The van der Waals surface area contributed by atoms with Gasteiger partial charge in [-0.2, -0.15) is 0 Å². The van der Waals surface area contributed by atoms with Crippen molar-refractivity contribution in [3.8, 4) is 0 Å². The van der Waals surface area contributed by atoms with Crippen molar-refractivity contribution >= 4 is 11.8 Å². The lowest BCUT2D eigenvalue weighted by Crippen LogP contribution is -2.31. The summed E-state index contributed by atoms with van der Waals surface area (Å²) in [7, 11) is 0. The van der Waals surface area contributed by atoms with Crippen molar-refractivity contribution in [2.24, 2.45) is 0 Å². The number of ether oxygens (including phenoxy) is 1. The van der Waals surface area contributed by atoms with Gasteiger partial charge >= 0.3 is 0 Å². The zero-order valence-corrected chi connectivity index (χ0v) is 7.23. The van der Waals surface area contributed by atoms with Crippen LogP contribution < -0.4 is 0 Å². The van der Waals surface area contributed by atoms with Gasteiger partial charge < -0.3 is 4.74 Å². The predicted octanol–water partition coefficient (Wildman–Crippen LogP) is 0.462. The highest BCUT2D eigenvalue weighted by Crippen LogP contribution is 2.03. The summed E-state index contributed by atoms with van der Waals surface area (Å²) in [6, 6.07) is 0. The van der Waals surface area contributed by atoms with Crippen molar-refractivity contribution in [1.29, 1.82) is 0 Å². The predicted molar refractivity (Wildman–Crippen MR) is 46.6 cm³/mol. The second kappa shape index (κ2) is 4.45. The largest absolute Gasteiger partial charge is 0.502 e. The van der Waals surface area contributed by atoms with Gasteiger partial charge in [-0.25, -0.2) is 0 Å². The molecule has 1 rings (SSSR count). The van der Waals surface area contributed by atoms with E-state index in [1.807, 2.05) is 0 Å². The molecule has 0 saturated carbocycles. The van der Waals surface area contributed by atoms with E-state index in [-0.39, 0.29) is 11.8 Å². The summed E-state index contributed by atoms with van der Waals surface area (Å²) >= 11 is 0. The fraction of sp³-hybridized carbons (Fsp3) is 0.333. The van der Waals surface area contributed by atoms with E-state index in [1.165, 1.54) is 23.3 Å². The van der Waals surface area contributed by atoms with Crippen LogP contribution in [-0.2, 0) is 14.3 Å². The zero-order valence-electron chi connectivity index (χ0n) is 7.23. The summed E-state index contributed by atoms with van der Waals surface area (Å²) in [6.07, 6.45) is 4.52. The third-order valence-corrected chi connectivity index (χ3v) is 1.66. The fourth-order valence-electron chi connectivity index (χ4n) is 1.04. The number of carbonyl (C=O) groups excluding carboxylic acids is 2. The zero-order chi connectivity index (χ0) is 9.68. The van der Waals surface area contributed by atoms with Gasteiger partial charge in [0.2, 0.25) is 0 Å². The highest BCUT2D eigenvalue weighted by Gasteiger charge is 2.22. The molecule has 2 amide bonds. The van der Waals surface area contributed by atoms with Crippen LogP contribution in [0.2, 0.25) is 0 Å². The van der Waals surface area contributed by atoms with Gasteiger partial charge in [-0.1, -0.05) is 6.58 Å². The van der Waals surface area contributed by atoms with Crippen molar-refractivity contribution in [1.82, 2.24) is 4.90 Å². The molecule has 0 spiro atoms. The van der Waals surface area contributed by atoms with Gasteiger partial charge in [-0.05, 0) is 6.42 Å². The lowest BCUT2D eigenvalue weighted by atomic mass is 10.4. The second-order valence-corrected chi connectivity index (χ2v) is 2.55. The molecule has 0 aliphatic carbocycles. The van der Waals surface area contributed by atoms with Crippen LogP contribution in [0.1, 0.15) is 6.42 Å². The Bertz CT molecular complexity index is 240. The molecule has 0 bridgehead atoms. The summed E-state index contributed by atoms with van der Waals surface area (Å²) < 4.78 is 4.86. The number of carbonyl (C=O) groups is 2. The Balaban J connectivity index is 2.25. The molecule has 1 heterocycles. The molecule has 0 fully saturated rings. The molecule has 0 atom stereocenters. The maximum Gasteiger partial charge on any atom is 0.253 e. The lowest BCUT2D eigenvalue weighted by molar-refractivity contribution is -0.136. The van der Waals surface area contributed by atoms with E-state index in [0.29, 0.717) is 19.6 Å². The Morgan fingerprint density at radius 2 is 2.00 bits per heavy atom. The first-order chi connectivity index (χ1) is 6.25. The number of hydrogen-bond donors (Lipinski definition) is 0. The Hall–Kier alpha value is -1.58. The number of imide groups is 1. The van der Waals surface area contributed by atoms with Crippen LogP contribution in [0.25, 0.3) is 0 Å². The number of rotatable bonds is 5. The van der Waals surface area contributed by atoms with Crippen LogP contribution >= 0.6 is 0 Å². The average Bonchev–Trinajstić information content (AvgIpc) is 2.42. The van der Waals surface area contributed by atoms with E-state index in [2.05, 4.69) is 6.58 Å². The third kappa shape index (κ3) is 2.43. The van der Waals surface area contributed by atoms with Crippen LogP contribution in [-0.4, -0.2) is 29.9 Å². The van der Waals surface area contributed by atoms with Crippen molar-refractivity contribution in [2.45, 2.75) is 6.42 Å². The molecule has 0 aromatic rings. The first-order valence-electron chi connectivity index (χ1n) is 4.01. The Morgan fingerprint density at radius 3 is 2.54 bits per heavy atom. The smallest absolute Gasteiger partial charge is 0.253 e. The number of amides is 2. The van der Waals surface area contributed by atoms with Gasteiger partial charge in [-0.15, -0.1) is 0 Å². The minimum absolute atomic E-state index is 0.247. The summed E-state index contributed by atoms with van der Waals surface area (Å²) in [5.74, 6) is -0.493. The van der Waals surface area contributed by atoms with Crippen LogP contribution in [0.4, 0.5) is 0 Å². The molecule has 4 heteroatoms. The van der Waals surface area contributed by atoms with Gasteiger partial charge in [0.05, 0.1) is 12.9 Å².